The summed E-state index contributed by atoms with van der Waals surface area (Å²) in [6, 6.07) is 15.1. The molecule has 1 aromatic heterocycles. The van der Waals surface area contributed by atoms with Crippen LogP contribution in [0.1, 0.15) is 30.4 Å². The second kappa shape index (κ2) is 8.16. The summed E-state index contributed by atoms with van der Waals surface area (Å²) in [5.41, 5.74) is 12.7. The topological polar surface area (TPSA) is 94.2 Å². The maximum atomic E-state index is 11.7. The monoisotopic (exact) mass is 412 g/mol. The number of aliphatic carboxylic acids is 1. The number of aromatic nitrogens is 1. The number of carboxylic acids is 1. The van der Waals surface area contributed by atoms with E-state index in [0.717, 1.165) is 27.1 Å². The van der Waals surface area contributed by atoms with Crippen LogP contribution in [0.5, 0.6) is 0 Å². The normalized spacial score (nSPS) is 23.1. The number of nitrogens with two attached hydrogens (primary N) is 1. The van der Waals surface area contributed by atoms with Crippen molar-refractivity contribution >= 4 is 28.5 Å². The number of nitrogens with zero attached hydrogens (tertiary/aromatic N) is 1. The summed E-state index contributed by atoms with van der Waals surface area (Å²) in [6.07, 6.45) is 2.88. The largest absolute Gasteiger partial charge is 0.480 e. The Balaban J connectivity index is 1.41. The van der Waals surface area contributed by atoms with Crippen molar-refractivity contribution in [1.29, 1.82) is 0 Å². The maximum absolute atomic E-state index is 11.7. The molecule has 7 heteroatoms. The first-order chi connectivity index (χ1) is 14.0. The average molecular weight is 413 g/mol. The molecule has 0 aliphatic carbocycles. The molecule has 4 rings (SSSR count). The van der Waals surface area contributed by atoms with E-state index in [2.05, 4.69) is 17.3 Å². The van der Waals surface area contributed by atoms with Crippen molar-refractivity contribution in [2.24, 2.45) is 5.73 Å². The highest BCUT2D eigenvalue weighted by Crippen LogP contribution is 2.33. The standard InChI is InChI=1S/C22H25ClN4O2/c1-13(15-6-2-4-8-17(15)23)10-20(24)26-27-19(21(27)22(28)29)11-14-12-25-18-9-5-3-7-16(14)18/h2-9,12-13,19-21,25-26H,10-11,24H2,1H3,(H,28,29)/t13?,19-,20?,21-,27?/m0/s1. The molecule has 1 aliphatic heterocycles. The number of carboxylic acid groups (broad SMARTS) is 1. The summed E-state index contributed by atoms with van der Waals surface area (Å²) in [5.74, 6) is -0.685. The van der Waals surface area contributed by atoms with E-state index in [9.17, 15) is 9.90 Å². The molecule has 0 radical (unpaired) electrons. The zero-order chi connectivity index (χ0) is 20.5. The maximum Gasteiger partial charge on any atom is 0.324 e. The van der Waals surface area contributed by atoms with E-state index in [-0.39, 0.29) is 18.1 Å². The lowest BCUT2D eigenvalue weighted by atomic mass is 9.96. The molecule has 3 unspecified atom stereocenters. The Hall–Kier alpha value is -2.38. The molecule has 2 aromatic carbocycles. The zero-order valence-corrected chi connectivity index (χ0v) is 16.9. The Morgan fingerprint density at radius 2 is 2.00 bits per heavy atom. The Bertz CT molecular complexity index is 1020. The van der Waals surface area contributed by atoms with Gasteiger partial charge in [0.05, 0.1) is 12.2 Å². The van der Waals surface area contributed by atoms with Crippen molar-refractivity contribution in [3.05, 3.63) is 70.9 Å². The van der Waals surface area contributed by atoms with Crippen LogP contribution in [0.2, 0.25) is 5.02 Å². The van der Waals surface area contributed by atoms with E-state index in [4.69, 9.17) is 17.3 Å². The van der Waals surface area contributed by atoms with Crippen molar-refractivity contribution in [3.8, 4) is 0 Å². The van der Waals surface area contributed by atoms with Crippen LogP contribution in [-0.4, -0.2) is 39.3 Å². The van der Waals surface area contributed by atoms with Gasteiger partial charge >= 0.3 is 5.97 Å². The smallest absolute Gasteiger partial charge is 0.324 e. The Kier molecular flexibility index (Phi) is 5.61. The number of aromatic amines is 1. The van der Waals surface area contributed by atoms with Crippen LogP contribution in [0.15, 0.2) is 54.7 Å². The molecule has 152 valence electrons. The number of carbonyl (C=O) groups is 1. The Morgan fingerprint density at radius 1 is 1.28 bits per heavy atom. The minimum Gasteiger partial charge on any atom is -0.480 e. The third kappa shape index (κ3) is 4.16. The lowest BCUT2D eigenvalue weighted by Crippen LogP contribution is -2.43. The number of hydrazine groups is 1. The van der Waals surface area contributed by atoms with E-state index in [0.29, 0.717) is 12.8 Å². The number of hydrogen-bond donors (Lipinski definition) is 4. The van der Waals surface area contributed by atoms with Gasteiger partial charge in [-0.05, 0) is 42.0 Å². The fourth-order valence-electron chi connectivity index (χ4n) is 4.10. The summed E-state index contributed by atoms with van der Waals surface area (Å²) in [4.78, 5) is 14.9. The highest BCUT2D eigenvalue weighted by molar-refractivity contribution is 6.31. The van der Waals surface area contributed by atoms with Crippen LogP contribution < -0.4 is 11.2 Å². The minimum atomic E-state index is -0.839. The van der Waals surface area contributed by atoms with Gasteiger partial charge in [0.1, 0.15) is 6.04 Å². The highest BCUT2D eigenvalue weighted by atomic mass is 35.5. The first-order valence-corrected chi connectivity index (χ1v) is 10.2. The molecule has 0 saturated carbocycles. The molecule has 29 heavy (non-hydrogen) atoms. The van der Waals surface area contributed by atoms with E-state index in [1.807, 2.05) is 54.7 Å². The SMILES string of the molecule is CC(CC(N)NN1[C@H](C(=O)O)[C@@H]1Cc1c[nH]c2ccccc12)c1ccccc1Cl. The van der Waals surface area contributed by atoms with Gasteiger partial charge in [-0.2, -0.15) is 0 Å². The molecule has 1 saturated heterocycles. The van der Waals surface area contributed by atoms with Crippen molar-refractivity contribution < 1.29 is 9.90 Å². The molecule has 5 atom stereocenters. The fourth-order valence-corrected chi connectivity index (χ4v) is 4.42. The number of benzene rings is 2. The van der Waals surface area contributed by atoms with E-state index in [1.165, 1.54) is 0 Å². The van der Waals surface area contributed by atoms with Crippen LogP contribution in [0.25, 0.3) is 10.9 Å². The molecule has 1 aliphatic rings. The van der Waals surface area contributed by atoms with Gasteiger partial charge in [0, 0.05) is 22.1 Å². The molecular formula is C22H25ClN4O2. The van der Waals surface area contributed by atoms with Gasteiger partial charge in [-0.1, -0.05) is 54.9 Å². The van der Waals surface area contributed by atoms with Crippen LogP contribution in [0.4, 0.5) is 0 Å². The molecular weight excluding hydrogens is 388 g/mol. The van der Waals surface area contributed by atoms with Crippen molar-refractivity contribution in [1.82, 2.24) is 15.4 Å². The number of para-hydroxylation sites is 1. The van der Waals surface area contributed by atoms with E-state index in [1.54, 1.807) is 5.01 Å². The summed E-state index contributed by atoms with van der Waals surface area (Å²) in [7, 11) is 0. The summed E-state index contributed by atoms with van der Waals surface area (Å²) in [6.45, 7) is 2.07. The fraction of sp³-hybridized carbons (Fsp3) is 0.318. The number of fused-ring (bicyclic) bond motifs is 1. The Labute approximate surface area is 174 Å². The summed E-state index contributed by atoms with van der Waals surface area (Å²) in [5, 5.41) is 13.2. The first-order valence-electron chi connectivity index (χ1n) is 9.78. The van der Waals surface area contributed by atoms with Crippen molar-refractivity contribution in [2.45, 2.75) is 43.9 Å². The lowest BCUT2D eigenvalue weighted by Gasteiger charge is -2.20. The van der Waals surface area contributed by atoms with Crippen molar-refractivity contribution in [3.63, 3.8) is 0 Å². The van der Waals surface area contributed by atoms with Crippen LogP contribution in [0.3, 0.4) is 0 Å². The molecule has 2 heterocycles. The van der Waals surface area contributed by atoms with Gasteiger partial charge in [0.15, 0.2) is 0 Å². The van der Waals surface area contributed by atoms with Gasteiger partial charge in [-0.3, -0.25) is 4.79 Å². The highest BCUT2D eigenvalue weighted by Gasteiger charge is 2.53. The predicted molar refractivity (Wildman–Crippen MR) is 115 cm³/mol. The molecule has 0 amide bonds. The molecule has 0 spiro atoms. The van der Waals surface area contributed by atoms with Crippen LogP contribution >= 0.6 is 11.6 Å². The zero-order valence-electron chi connectivity index (χ0n) is 16.2. The van der Waals surface area contributed by atoms with Gasteiger partial charge in [0.25, 0.3) is 0 Å². The van der Waals surface area contributed by atoms with E-state index >= 15 is 0 Å². The molecule has 6 nitrogen and oxygen atoms in total. The van der Waals surface area contributed by atoms with Crippen LogP contribution in [-0.2, 0) is 11.2 Å². The third-order valence-corrected chi connectivity index (χ3v) is 5.99. The number of hydrogen-bond acceptors (Lipinski definition) is 4. The van der Waals surface area contributed by atoms with Crippen LogP contribution in [0, 0.1) is 0 Å². The van der Waals surface area contributed by atoms with Crippen molar-refractivity contribution in [2.75, 3.05) is 0 Å². The first kappa shape index (κ1) is 19.9. The van der Waals surface area contributed by atoms with E-state index < -0.39 is 12.0 Å². The van der Waals surface area contributed by atoms with Gasteiger partial charge < -0.3 is 15.8 Å². The molecule has 3 aromatic rings. The Morgan fingerprint density at radius 3 is 2.76 bits per heavy atom. The van der Waals surface area contributed by atoms with Gasteiger partial charge in [0.2, 0.25) is 0 Å². The molecule has 0 bridgehead atoms. The number of nitrogens with one attached hydrogen (secondary N) is 2. The number of rotatable bonds is 8. The quantitative estimate of drug-likeness (QED) is 0.335. The summed E-state index contributed by atoms with van der Waals surface area (Å²) < 4.78 is 0. The third-order valence-electron chi connectivity index (χ3n) is 5.65. The predicted octanol–water partition coefficient (Wildman–Crippen LogP) is 3.48. The number of H-pyrrole nitrogens is 1. The van der Waals surface area contributed by atoms with Gasteiger partial charge in [-0.15, -0.1) is 0 Å². The summed E-state index contributed by atoms with van der Waals surface area (Å²) >= 11 is 6.28. The van der Waals surface area contributed by atoms with Gasteiger partial charge in [-0.25, -0.2) is 10.4 Å². The minimum absolute atomic E-state index is 0.131. The molecule has 1 fully saturated rings. The molecule has 5 N–H and O–H groups in total. The number of halogens is 1. The second-order valence-corrected chi connectivity index (χ2v) is 8.12. The average Bonchev–Trinajstić information content (AvgIpc) is 3.20. The second-order valence-electron chi connectivity index (χ2n) is 7.72. The lowest BCUT2D eigenvalue weighted by molar-refractivity contribution is -0.137.